The zero-order valence-corrected chi connectivity index (χ0v) is 15.6. The third kappa shape index (κ3) is 4.52. The summed E-state index contributed by atoms with van der Waals surface area (Å²) < 4.78 is 23.2. The van der Waals surface area contributed by atoms with Crippen LogP contribution in [0.4, 0.5) is 0 Å². The molecule has 2 aliphatic rings. The van der Waals surface area contributed by atoms with E-state index in [2.05, 4.69) is 11.0 Å². The lowest BCUT2D eigenvalue weighted by Crippen LogP contribution is -2.52. The maximum Gasteiger partial charge on any atom is 0.233 e. The van der Waals surface area contributed by atoms with Gasteiger partial charge in [-0.2, -0.15) is 0 Å². The molecule has 5 nitrogen and oxygen atoms in total. The number of hydrogen-bond donors (Lipinski definition) is 0. The van der Waals surface area contributed by atoms with E-state index >= 15 is 0 Å². The predicted octanol–water partition coefficient (Wildman–Crippen LogP) is 1.42. The predicted molar refractivity (Wildman–Crippen MR) is 97.1 cm³/mol. The van der Waals surface area contributed by atoms with Crippen molar-refractivity contribution in [1.29, 1.82) is 0 Å². The molecule has 24 heavy (non-hydrogen) atoms. The molecule has 1 amide bonds. The van der Waals surface area contributed by atoms with Gasteiger partial charge in [0.1, 0.15) is 0 Å². The molecule has 3 rings (SSSR count). The van der Waals surface area contributed by atoms with Crippen molar-refractivity contribution < 1.29 is 13.2 Å². The molecule has 0 aromatic heterocycles. The molecule has 0 bridgehead atoms. The zero-order valence-electron chi connectivity index (χ0n) is 14.0. The Bertz CT molecular complexity index is 698. The first-order chi connectivity index (χ1) is 11.4. The molecule has 2 saturated heterocycles. The van der Waals surface area contributed by atoms with Crippen molar-refractivity contribution in [3.63, 3.8) is 0 Å². The van der Waals surface area contributed by atoms with E-state index in [9.17, 15) is 13.2 Å². The fourth-order valence-corrected chi connectivity index (χ4v) is 6.02. The van der Waals surface area contributed by atoms with Crippen LogP contribution in [0.25, 0.3) is 0 Å². The van der Waals surface area contributed by atoms with Gasteiger partial charge in [-0.3, -0.25) is 9.69 Å². The van der Waals surface area contributed by atoms with Gasteiger partial charge in [-0.25, -0.2) is 8.42 Å². The molecule has 0 radical (unpaired) electrons. The minimum atomic E-state index is -2.84. The van der Waals surface area contributed by atoms with Gasteiger partial charge in [0, 0.05) is 37.1 Å². The molecule has 2 fully saturated rings. The smallest absolute Gasteiger partial charge is 0.233 e. The van der Waals surface area contributed by atoms with E-state index in [-0.39, 0.29) is 17.7 Å². The largest absolute Gasteiger partial charge is 0.339 e. The van der Waals surface area contributed by atoms with Gasteiger partial charge in [-0.1, -0.05) is 17.7 Å². The van der Waals surface area contributed by atoms with Crippen LogP contribution < -0.4 is 0 Å². The Morgan fingerprint density at radius 2 is 2.00 bits per heavy atom. The number of benzene rings is 1. The SMILES string of the molecule is Cc1cccc(SCC(=O)N2CCN(C3CCS(=O)(=O)C3)CC2)c1. The fourth-order valence-electron chi connectivity index (χ4n) is 3.34. The molecular weight excluding hydrogens is 344 g/mol. The normalized spacial score (nSPS) is 24.2. The van der Waals surface area contributed by atoms with E-state index in [0.29, 0.717) is 24.6 Å². The van der Waals surface area contributed by atoms with Gasteiger partial charge in [0.25, 0.3) is 0 Å². The number of carbonyl (C=O) groups excluding carboxylic acids is 1. The van der Waals surface area contributed by atoms with Crippen LogP contribution in [0.2, 0.25) is 0 Å². The van der Waals surface area contributed by atoms with Gasteiger partial charge in [0.2, 0.25) is 5.91 Å². The Balaban J connectivity index is 1.45. The third-order valence-electron chi connectivity index (χ3n) is 4.74. The highest BCUT2D eigenvalue weighted by molar-refractivity contribution is 8.00. The molecule has 1 unspecified atom stereocenters. The van der Waals surface area contributed by atoms with Crippen LogP contribution in [-0.4, -0.2) is 73.6 Å². The van der Waals surface area contributed by atoms with Gasteiger partial charge < -0.3 is 4.90 Å². The summed E-state index contributed by atoms with van der Waals surface area (Å²) in [5, 5.41) is 0. The van der Waals surface area contributed by atoms with Gasteiger partial charge in [-0.05, 0) is 25.5 Å². The van der Waals surface area contributed by atoms with E-state index in [1.54, 1.807) is 11.8 Å². The second-order valence-electron chi connectivity index (χ2n) is 6.58. The lowest BCUT2D eigenvalue weighted by molar-refractivity contribution is -0.130. The molecule has 1 atom stereocenters. The van der Waals surface area contributed by atoms with Crippen molar-refractivity contribution in [3.8, 4) is 0 Å². The summed E-state index contributed by atoms with van der Waals surface area (Å²) in [6.45, 7) is 5.00. The number of amides is 1. The van der Waals surface area contributed by atoms with E-state index in [0.717, 1.165) is 24.4 Å². The average molecular weight is 369 g/mol. The molecular formula is C17H24N2O3S2. The summed E-state index contributed by atoms with van der Waals surface area (Å²) >= 11 is 1.58. The molecule has 0 N–H and O–H groups in total. The van der Waals surface area contributed by atoms with E-state index in [1.165, 1.54) is 5.56 Å². The van der Waals surface area contributed by atoms with E-state index < -0.39 is 9.84 Å². The first-order valence-corrected chi connectivity index (χ1v) is 11.2. The van der Waals surface area contributed by atoms with Crippen molar-refractivity contribution in [1.82, 2.24) is 9.80 Å². The number of carbonyl (C=O) groups is 1. The van der Waals surface area contributed by atoms with Gasteiger partial charge in [0.05, 0.1) is 17.3 Å². The van der Waals surface area contributed by atoms with Crippen LogP contribution >= 0.6 is 11.8 Å². The van der Waals surface area contributed by atoms with Crippen LogP contribution in [0.5, 0.6) is 0 Å². The number of hydrogen-bond acceptors (Lipinski definition) is 5. The van der Waals surface area contributed by atoms with E-state index in [4.69, 9.17) is 0 Å². The molecule has 2 heterocycles. The summed E-state index contributed by atoms with van der Waals surface area (Å²) in [5.41, 5.74) is 1.20. The molecule has 0 saturated carbocycles. The third-order valence-corrected chi connectivity index (χ3v) is 7.47. The Kier molecular flexibility index (Phi) is 5.52. The fraction of sp³-hybridized carbons (Fsp3) is 0.588. The van der Waals surface area contributed by atoms with Gasteiger partial charge >= 0.3 is 0 Å². The molecule has 2 aliphatic heterocycles. The first kappa shape index (κ1) is 17.8. The molecule has 132 valence electrons. The molecule has 0 aliphatic carbocycles. The second-order valence-corrected chi connectivity index (χ2v) is 9.86. The second kappa shape index (κ2) is 7.45. The number of sulfone groups is 1. The van der Waals surface area contributed by atoms with Crippen molar-refractivity contribution in [2.45, 2.75) is 24.3 Å². The quantitative estimate of drug-likeness (QED) is 0.753. The Morgan fingerprint density at radius 1 is 1.25 bits per heavy atom. The summed E-state index contributed by atoms with van der Waals surface area (Å²) in [4.78, 5) is 17.6. The zero-order chi connectivity index (χ0) is 17.2. The molecule has 1 aromatic carbocycles. The van der Waals surface area contributed by atoms with Gasteiger partial charge in [-0.15, -0.1) is 11.8 Å². The topological polar surface area (TPSA) is 57.7 Å². The monoisotopic (exact) mass is 368 g/mol. The molecule has 0 spiro atoms. The minimum Gasteiger partial charge on any atom is -0.339 e. The number of thioether (sulfide) groups is 1. The number of rotatable bonds is 4. The van der Waals surface area contributed by atoms with Crippen LogP contribution in [-0.2, 0) is 14.6 Å². The van der Waals surface area contributed by atoms with Crippen molar-refractivity contribution in [2.75, 3.05) is 43.4 Å². The van der Waals surface area contributed by atoms with Gasteiger partial charge in [0.15, 0.2) is 9.84 Å². The van der Waals surface area contributed by atoms with Crippen molar-refractivity contribution in [2.24, 2.45) is 0 Å². The number of aryl methyl sites for hydroxylation is 1. The first-order valence-electron chi connectivity index (χ1n) is 8.35. The highest BCUT2D eigenvalue weighted by Crippen LogP contribution is 2.21. The Hall–Kier alpha value is -1.05. The molecule has 1 aromatic rings. The van der Waals surface area contributed by atoms with Crippen LogP contribution in [0, 0.1) is 6.92 Å². The van der Waals surface area contributed by atoms with Crippen molar-refractivity contribution >= 4 is 27.5 Å². The highest BCUT2D eigenvalue weighted by atomic mass is 32.2. The highest BCUT2D eigenvalue weighted by Gasteiger charge is 2.34. The van der Waals surface area contributed by atoms with Crippen LogP contribution in [0.1, 0.15) is 12.0 Å². The van der Waals surface area contributed by atoms with Crippen LogP contribution in [0.15, 0.2) is 29.2 Å². The van der Waals surface area contributed by atoms with E-state index in [1.807, 2.05) is 30.0 Å². The summed E-state index contributed by atoms with van der Waals surface area (Å²) in [6.07, 6.45) is 0.736. The number of nitrogens with zero attached hydrogens (tertiary/aromatic N) is 2. The Labute approximate surface area is 148 Å². The maximum absolute atomic E-state index is 12.4. The lowest BCUT2D eigenvalue weighted by atomic mass is 10.2. The van der Waals surface area contributed by atoms with Crippen LogP contribution in [0.3, 0.4) is 0 Å². The summed E-state index contributed by atoms with van der Waals surface area (Å²) in [6, 6.07) is 8.33. The summed E-state index contributed by atoms with van der Waals surface area (Å²) in [7, 11) is -2.84. The lowest BCUT2D eigenvalue weighted by Gasteiger charge is -2.37. The molecule has 7 heteroatoms. The number of piperazine rings is 1. The standard InChI is InChI=1S/C17H24N2O3S2/c1-14-3-2-4-16(11-14)23-12-17(20)19-8-6-18(7-9-19)15-5-10-24(21,22)13-15/h2-4,11,15H,5-10,12-13H2,1H3. The maximum atomic E-state index is 12.4. The Morgan fingerprint density at radius 3 is 2.62 bits per heavy atom. The summed E-state index contributed by atoms with van der Waals surface area (Å²) in [5.74, 6) is 1.22. The van der Waals surface area contributed by atoms with Crippen molar-refractivity contribution in [3.05, 3.63) is 29.8 Å². The average Bonchev–Trinajstić information content (AvgIpc) is 2.93. The minimum absolute atomic E-state index is 0.147.